The number of hydrogen-bond acceptors (Lipinski definition) is 2. The Labute approximate surface area is 99.0 Å². The summed E-state index contributed by atoms with van der Waals surface area (Å²) in [6, 6.07) is 0.590. The summed E-state index contributed by atoms with van der Waals surface area (Å²) < 4.78 is 0. The summed E-state index contributed by atoms with van der Waals surface area (Å²) >= 11 is 0. The van der Waals surface area contributed by atoms with Crippen molar-refractivity contribution in [3.63, 3.8) is 0 Å². The second-order valence-corrected chi connectivity index (χ2v) is 5.12. The number of aliphatic hydroxyl groups excluding tert-OH is 1. The summed E-state index contributed by atoms with van der Waals surface area (Å²) in [5.74, 6) is 6.68. The Morgan fingerprint density at radius 1 is 1.19 bits per heavy atom. The van der Waals surface area contributed by atoms with Crippen LogP contribution in [0.15, 0.2) is 0 Å². The molecule has 90 valence electrons. The topological polar surface area (TPSA) is 23.5 Å². The average Bonchev–Trinajstić information content (AvgIpc) is 2.73. The van der Waals surface area contributed by atoms with Crippen molar-refractivity contribution in [2.24, 2.45) is 5.92 Å². The van der Waals surface area contributed by atoms with Crippen LogP contribution < -0.4 is 0 Å². The van der Waals surface area contributed by atoms with Crippen LogP contribution in [0.4, 0.5) is 0 Å². The van der Waals surface area contributed by atoms with Gasteiger partial charge in [-0.3, -0.25) is 4.90 Å². The van der Waals surface area contributed by atoms with Gasteiger partial charge in [-0.2, -0.15) is 0 Å². The van der Waals surface area contributed by atoms with Gasteiger partial charge in [0.25, 0.3) is 0 Å². The molecule has 1 saturated carbocycles. The van der Waals surface area contributed by atoms with E-state index in [0.29, 0.717) is 12.0 Å². The van der Waals surface area contributed by atoms with Crippen LogP contribution in [-0.2, 0) is 0 Å². The summed E-state index contributed by atoms with van der Waals surface area (Å²) in [4.78, 5) is 2.50. The van der Waals surface area contributed by atoms with Gasteiger partial charge in [-0.1, -0.05) is 18.8 Å². The van der Waals surface area contributed by atoms with E-state index in [0.717, 1.165) is 13.0 Å². The van der Waals surface area contributed by atoms with Gasteiger partial charge >= 0.3 is 0 Å². The molecule has 1 aliphatic heterocycles. The number of piperidine rings is 1. The van der Waals surface area contributed by atoms with Gasteiger partial charge in [0.1, 0.15) is 0 Å². The third kappa shape index (κ3) is 2.59. The van der Waals surface area contributed by atoms with Crippen LogP contribution in [0.2, 0.25) is 0 Å². The largest absolute Gasteiger partial charge is 0.393 e. The standard InChI is InChI=1S/C14H23NO/c1-2-3-10-15-11-5-4-8-13(15)12-7-6-9-14(12)16/h12-14,16H,4-11H2,1H3. The monoisotopic (exact) mass is 221 g/mol. The lowest BCUT2D eigenvalue weighted by Crippen LogP contribution is -2.46. The van der Waals surface area contributed by atoms with Gasteiger partial charge in [-0.25, -0.2) is 0 Å². The van der Waals surface area contributed by atoms with Crippen molar-refractivity contribution in [3.8, 4) is 11.8 Å². The van der Waals surface area contributed by atoms with E-state index in [2.05, 4.69) is 16.7 Å². The number of nitrogens with zero attached hydrogens (tertiary/aromatic N) is 1. The lowest BCUT2D eigenvalue weighted by Gasteiger charge is -2.39. The Balaban J connectivity index is 1.99. The van der Waals surface area contributed by atoms with Crippen molar-refractivity contribution < 1.29 is 5.11 Å². The van der Waals surface area contributed by atoms with E-state index in [9.17, 15) is 5.11 Å². The molecule has 2 aliphatic rings. The molecular weight excluding hydrogens is 198 g/mol. The Morgan fingerprint density at radius 2 is 2.06 bits per heavy atom. The molecule has 3 atom stereocenters. The number of aliphatic hydroxyl groups is 1. The van der Waals surface area contributed by atoms with Crippen molar-refractivity contribution in [1.82, 2.24) is 4.90 Å². The molecule has 0 spiro atoms. The van der Waals surface area contributed by atoms with Crippen molar-refractivity contribution in [1.29, 1.82) is 0 Å². The van der Waals surface area contributed by atoms with E-state index in [-0.39, 0.29) is 6.10 Å². The lowest BCUT2D eigenvalue weighted by atomic mass is 9.88. The van der Waals surface area contributed by atoms with Crippen LogP contribution in [0.5, 0.6) is 0 Å². The highest BCUT2D eigenvalue weighted by molar-refractivity contribution is 5.01. The second kappa shape index (κ2) is 5.70. The van der Waals surface area contributed by atoms with E-state index >= 15 is 0 Å². The third-order valence-electron chi connectivity index (χ3n) is 4.15. The molecular formula is C14H23NO. The van der Waals surface area contributed by atoms with Crippen LogP contribution in [0.1, 0.15) is 45.4 Å². The molecule has 1 saturated heterocycles. The molecule has 2 heteroatoms. The van der Waals surface area contributed by atoms with Gasteiger partial charge in [0.2, 0.25) is 0 Å². The van der Waals surface area contributed by atoms with Crippen molar-refractivity contribution in [2.75, 3.05) is 13.1 Å². The fourth-order valence-electron chi connectivity index (χ4n) is 3.30. The fourth-order valence-corrected chi connectivity index (χ4v) is 3.30. The lowest BCUT2D eigenvalue weighted by molar-refractivity contribution is 0.0427. The molecule has 1 N–H and O–H groups in total. The number of likely N-dealkylation sites (tertiary alicyclic amines) is 1. The Morgan fingerprint density at radius 3 is 2.75 bits per heavy atom. The van der Waals surface area contributed by atoms with Crippen LogP contribution in [0.3, 0.4) is 0 Å². The van der Waals surface area contributed by atoms with Gasteiger partial charge in [0.05, 0.1) is 12.6 Å². The van der Waals surface area contributed by atoms with Crippen molar-refractivity contribution >= 4 is 0 Å². The van der Waals surface area contributed by atoms with Crippen molar-refractivity contribution in [3.05, 3.63) is 0 Å². The molecule has 0 radical (unpaired) electrons. The maximum Gasteiger partial charge on any atom is 0.0603 e. The summed E-state index contributed by atoms with van der Waals surface area (Å²) in [5, 5.41) is 10.0. The first-order valence-corrected chi connectivity index (χ1v) is 6.64. The molecule has 2 nitrogen and oxygen atoms in total. The Bertz CT molecular complexity index is 278. The smallest absolute Gasteiger partial charge is 0.0603 e. The summed E-state index contributed by atoms with van der Waals surface area (Å²) in [6.45, 7) is 3.97. The first-order chi connectivity index (χ1) is 7.83. The highest BCUT2D eigenvalue weighted by Crippen LogP contribution is 2.34. The first-order valence-electron chi connectivity index (χ1n) is 6.64. The highest BCUT2D eigenvalue weighted by Gasteiger charge is 2.36. The third-order valence-corrected chi connectivity index (χ3v) is 4.15. The Kier molecular flexibility index (Phi) is 4.26. The van der Waals surface area contributed by atoms with E-state index in [1.807, 2.05) is 6.92 Å². The maximum absolute atomic E-state index is 10.0. The molecule has 0 bridgehead atoms. The van der Waals surface area contributed by atoms with E-state index < -0.39 is 0 Å². The van der Waals surface area contributed by atoms with Gasteiger partial charge in [-0.15, -0.1) is 5.92 Å². The zero-order valence-corrected chi connectivity index (χ0v) is 10.3. The molecule has 0 aromatic rings. The van der Waals surface area contributed by atoms with E-state index in [1.165, 1.54) is 38.6 Å². The molecule has 16 heavy (non-hydrogen) atoms. The molecule has 1 heterocycles. The van der Waals surface area contributed by atoms with Gasteiger partial charge < -0.3 is 5.11 Å². The molecule has 2 fully saturated rings. The molecule has 0 aromatic carbocycles. The minimum atomic E-state index is -0.0554. The van der Waals surface area contributed by atoms with Crippen LogP contribution in [0.25, 0.3) is 0 Å². The quantitative estimate of drug-likeness (QED) is 0.721. The van der Waals surface area contributed by atoms with Gasteiger partial charge in [0.15, 0.2) is 0 Å². The predicted molar refractivity (Wildman–Crippen MR) is 66.0 cm³/mol. The molecule has 1 aliphatic carbocycles. The molecule has 0 amide bonds. The summed E-state index contributed by atoms with van der Waals surface area (Å²) in [7, 11) is 0. The van der Waals surface area contributed by atoms with Crippen LogP contribution >= 0.6 is 0 Å². The second-order valence-electron chi connectivity index (χ2n) is 5.12. The zero-order valence-electron chi connectivity index (χ0n) is 10.3. The predicted octanol–water partition coefficient (Wildman–Crippen LogP) is 2.03. The minimum absolute atomic E-state index is 0.0554. The van der Waals surface area contributed by atoms with E-state index in [4.69, 9.17) is 0 Å². The highest BCUT2D eigenvalue weighted by atomic mass is 16.3. The van der Waals surface area contributed by atoms with E-state index in [1.54, 1.807) is 0 Å². The maximum atomic E-state index is 10.0. The van der Waals surface area contributed by atoms with Crippen LogP contribution in [0, 0.1) is 17.8 Å². The number of hydrogen-bond donors (Lipinski definition) is 1. The SMILES string of the molecule is CC#CCN1CCCCC1C1CCCC1O. The van der Waals surface area contributed by atoms with Crippen LogP contribution in [-0.4, -0.2) is 35.2 Å². The summed E-state index contributed by atoms with van der Waals surface area (Å²) in [6.07, 6.45) is 7.24. The van der Waals surface area contributed by atoms with Crippen molar-refractivity contribution in [2.45, 2.75) is 57.6 Å². The molecule has 2 rings (SSSR count). The Hall–Kier alpha value is -0.520. The zero-order chi connectivity index (χ0) is 11.4. The van der Waals surface area contributed by atoms with Gasteiger partial charge in [0, 0.05) is 12.0 Å². The summed E-state index contributed by atoms with van der Waals surface area (Å²) in [5.41, 5.74) is 0. The molecule has 0 aromatic heterocycles. The fraction of sp³-hybridized carbons (Fsp3) is 0.857. The average molecular weight is 221 g/mol. The molecule has 3 unspecified atom stereocenters. The minimum Gasteiger partial charge on any atom is -0.393 e. The normalized spacial score (nSPS) is 35.8. The van der Waals surface area contributed by atoms with Gasteiger partial charge in [-0.05, 0) is 39.2 Å². The first kappa shape index (κ1) is 12.0. The number of rotatable bonds is 2.